The number of aryl methyl sites for hydroxylation is 1. The Kier molecular flexibility index (Phi) is 3.44. The van der Waals surface area contributed by atoms with Gasteiger partial charge in [0.25, 0.3) is 0 Å². The van der Waals surface area contributed by atoms with Crippen molar-refractivity contribution in [1.29, 1.82) is 0 Å². The fourth-order valence-electron chi connectivity index (χ4n) is 1.86. The van der Waals surface area contributed by atoms with Gasteiger partial charge in [-0.2, -0.15) is 0 Å². The van der Waals surface area contributed by atoms with E-state index in [1.165, 1.54) is 0 Å². The van der Waals surface area contributed by atoms with Gasteiger partial charge < -0.3 is 9.30 Å². The van der Waals surface area contributed by atoms with Crippen LogP contribution < -0.4 is 4.74 Å². The van der Waals surface area contributed by atoms with E-state index in [0.717, 1.165) is 23.2 Å². The van der Waals surface area contributed by atoms with Gasteiger partial charge in [0.1, 0.15) is 5.75 Å². The molecule has 0 aliphatic carbocycles. The van der Waals surface area contributed by atoms with Crippen molar-refractivity contribution in [1.82, 2.24) is 4.57 Å². The molecule has 0 radical (unpaired) electrons. The van der Waals surface area contributed by atoms with Gasteiger partial charge in [-0.1, -0.05) is 0 Å². The van der Waals surface area contributed by atoms with Gasteiger partial charge in [-0.05, 0) is 37.6 Å². The molecule has 16 heavy (non-hydrogen) atoms. The third kappa shape index (κ3) is 2.18. The molecule has 2 nitrogen and oxygen atoms in total. The van der Waals surface area contributed by atoms with E-state index in [4.69, 9.17) is 4.74 Å². The summed E-state index contributed by atoms with van der Waals surface area (Å²) >= 11 is 0. The lowest BCUT2D eigenvalue weighted by molar-refractivity contribution is 0.340. The predicted molar refractivity (Wildman–Crippen MR) is 63.7 cm³/mol. The number of rotatable bonds is 5. The van der Waals surface area contributed by atoms with Crippen LogP contribution in [0.25, 0.3) is 10.9 Å². The van der Waals surface area contributed by atoms with Crippen LogP contribution in [0.3, 0.4) is 0 Å². The SMILES string of the molecule is CCOc1ccc2c(ccn2CCCF)c1. The molecule has 0 saturated heterocycles. The second-order valence-electron chi connectivity index (χ2n) is 3.71. The number of ether oxygens (including phenoxy) is 1. The second-order valence-corrected chi connectivity index (χ2v) is 3.71. The van der Waals surface area contributed by atoms with E-state index in [-0.39, 0.29) is 6.67 Å². The van der Waals surface area contributed by atoms with E-state index in [9.17, 15) is 4.39 Å². The number of halogens is 1. The van der Waals surface area contributed by atoms with Gasteiger partial charge in [-0.3, -0.25) is 4.39 Å². The Balaban J connectivity index is 2.27. The van der Waals surface area contributed by atoms with Gasteiger partial charge in [0.15, 0.2) is 0 Å². The molecule has 0 atom stereocenters. The van der Waals surface area contributed by atoms with Crippen molar-refractivity contribution in [2.45, 2.75) is 19.9 Å². The molecular weight excluding hydrogens is 205 g/mol. The molecule has 1 heterocycles. The number of hydrogen-bond acceptors (Lipinski definition) is 1. The maximum Gasteiger partial charge on any atom is 0.120 e. The predicted octanol–water partition coefficient (Wildman–Crippen LogP) is 3.40. The first-order valence-corrected chi connectivity index (χ1v) is 5.63. The van der Waals surface area contributed by atoms with E-state index in [2.05, 4.69) is 4.57 Å². The Labute approximate surface area is 94.6 Å². The summed E-state index contributed by atoms with van der Waals surface area (Å²) in [6.07, 6.45) is 2.56. The first kappa shape index (κ1) is 11.0. The molecule has 1 aromatic carbocycles. The molecule has 0 bridgehead atoms. The Hall–Kier alpha value is -1.51. The highest BCUT2D eigenvalue weighted by atomic mass is 19.1. The molecular formula is C13H16FNO. The fourth-order valence-corrected chi connectivity index (χ4v) is 1.86. The molecule has 0 unspecified atom stereocenters. The first-order valence-electron chi connectivity index (χ1n) is 5.63. The van der Waals surface area contributed by atoms with E-state index in [0.29, 0.717) is 13.0 Å². The standard InChI is InChI=1S/C13H16FNO/c1-2-16-12-4-5-13-11(10-12)6-9-15(13)8-3-7-14/h4-6,9-10H,2-3,7-8H2,1H3. The Morgan fingerprint density at radius 1 is 1.31 bits per heavy atom. The highest BCUT2D eigenvalue weighted by Gasteiger charge is 2.02. The van der Waals surface area contributed by atoms with Crippen molar-refractivity contribution in [3.8, 4) is 5.75 Å². The molecule has 0 aliphatic rings. The summed E-state index contributed by atoms with van der Waals surface area (Å²) < 4.78 is 19.6. The lowest BCUT2D eigenvalue weighted by atomic mass is 10.2. The third-order valence-electron chi connectivity index (χ3n) is 2.59. The molecule has 0 fully saturated rings. The van der Waals surface area contributed by atoms with Crippen LogP contribution in [-0.2, 0) is 6.54 Å². The maximum atomic E-state index is 12.1. The van der Waals surface area contributed by atoms with Crippen LogP contribution in [0, 0.1) is 0 Å². The second kappa shape index (κ2) is 5.01. The molecule has 0 aliphatic heterocycles. The highest BCUT2D eigenvalue weighted by molar-refractivity contribution is 5.81. The molecule has 0 spiro atoms. The van der Waals surface area contributed by atoms with Crippen LogP contribution in [0.2, 0.25) is 0 Å². The normalized spacial score (nSPS) is 10.9. The largest absolute Gasteiger partial charge is 0.494 e. The number of fused-ring (bicyclic) bond motifs is 1. The van der Waals surface area contributed by atoms with Gasteiger partial charge >= 0.3 is 0 Å². The minimum Gasteiger partial charge on any atom is -0.494 e. The highest BCUT2D eigenvalue weighted by Crippen LogP contribution is 2.22. The summed E-state index contributed by atoms with van der Waals surface area (Å²) in [7, 11) is 0. The van der Waals surface area contributed by atoms with Gasteiger partial charge in [-0.25, -0.2) is 0 Å². The summed E-state index contributed by atoms with van der Waals surface area (Å²) in [6, 6.07) is 8.04. The van der Waals surface area contributed by atoms with Crippen LogP contribution in [0.5, 0.6) is 5.75 Å². The molecule has 3 heteroatoms. The van der Waals surface area contributed by atoms with Gasteiger partial charge in [0, 0.05) is 23.6 Å². The number of aromatic nitrogens is 1. The average Bonchev–Trinajstić information content (AvgIpc) is 2.69. The van der Waals surface area contributed by atoms with Crippen molar-refractivity contribution in [2.75, 3.05) is 13.3 Å². The molecule has 0 amide bonds. The lowest BCUT2D eigenvalue weighted by Crippen LogP contribution is -1.96. The van der Waals surface area contributed by atoms with E-state index in [1.54, 1.807) is 0 Å². The fraction of sp³-hybridized carbons (Fsp3) is 0.385. The van der Waals surface area contributed by atoms with Crippen molar-refractivity contribution >= 4 is 10.9 Å². The van der Waals surface area contributed by atoms with Crippen LogP contribution in [0.15, 0.2) is 30.5 Å². The van der Waals surface area contributed by atoms with Crippen LogP contribution in [-0.4, -0.2) is 17.8 Å². The third-order valence-corrected chi connectivity index (χ3v) is 2.59. The van der Waals surface area contributed by atoms with Crippen LogP contribution in [0.1, 0.15) is 13.3 Å². The quantitative estimate of drug-likeness (QED) is 0.754. The van der Waals surface area contributed by atoms with Crippen molar-refractivity contribution < 1.29 is 9.13 Å². The molecule has 2 rings (SSSR count). The number of alkyl halides is 1. The topological polar surface area (TPSA) is 14.2 Å². The van der Waals surface area contributed by atoms with Crippen molar-refractivity contribution in [2.24, 2.45) is 0 Å². The summed E-state index contributed by atoms with van der Waals surface area (Å²) in [5.74, 6) is 0.887. The number of nitrogens with zero attached hydrogens (tertiary/aromatic N) is 1. The molecule has 86 valence electrons. The minimum atomic E-state index is -0.267. The monoisotopic (exact) mass is 221 g/mol. The Morgan fingerprint density at radius 3 is 2.94 bits per heavy atom. The number of hydrogen-bond donors (Lipinski definition) is 0. The zero-order valence-electron chi connectivity index (χ0n) is 9.45. The van der Waals surface area contributed by atoms with Gasteiger partial charge in [0.2, 0.25) is 0 Å². The zero-order chi connectivity index (χ0) is 11.4. The summed E-state index contributed by atoms with van der Waals surface area (Å²) in [5.41, 5.74) is 1.14. The Bertz CT molecular complexity index is 464. The van der Waals surface area contributed by atoms with E-state index < -0.39 is 0 Å². The summed E-state index contributed by atoms with van der Waals surface area (Å²) in [5, 5.41) is 1.14. The smallest absolute Gasteiger partial charge is 0.120 e. The molecule has 2 aromatic rings. The summed E-state index contributed by atoms with van der Waals surface area (Å²) in [6.45, 7) is 3.11. The van der Waals surface area contributed by atoms with E-state index in [1.807, 2.05) is 37.4 Å². The molecule has 0 saturated carbocycles. The van der Waals surface area contributed by atoms with E-state index >= 15 is 0 Å². The Morgan fingerprint density at radius 2 is 2.19 bits per heavy atom. The minimum absolute atomic E-state index is 0.267. The van der Waals surface area contributed by atoms with Gasteiger partial charge in [0.05, 0.1) is 13.3 Å². The van der Waals surface area contributed by atoms with Crippen molar-refractivity contribution in [3.05, 3.63) is 30.5 Å². The summed E-state index contributed by atoms with van der Waals surface area (Å²) in [4.78, 5) is 0. The van der Waals surface area contributed by atoms with Crippen LogP contribution >= 0.6 is 0 Å². The van der Waals surface area contributed by atoms with Gasteiger partial charge in [-0.15, -0.1) is 0 Å². The number of benzene rings is 1. The molecule has 1 aromatic heterocycles. The van der Waals surface area contributed by atoms with Crippen LogP contribution in [0.4, 0.5) is 4.39 Å². The lowest BCUT2D eigenvalue weighted by Gasteiger charge is -2.05. The average molecular weight is 221 g/mol. The van der Waals surface area contributed by atoms with Crippen molar-refractivity contribution in [3.63, 3.8) is 0 Å². The maximum absolute atomic E-state index is 12.1. The molecule has 0 N–H and O–H groups in total. The first-order chi connectivity index (χ1) is 7.85. The zero-order valence-corrected chi connectivity index (χ0v) is 9.45.